The minimum atomic E-state index is 0.0589. The maximum atomic E-state index is 13.1. The van der Waals surface area contributed by atoms with Crippen LogP contribution in [0.15, 0.2) is 76.5 Å². The summed E-state index contributed by atoms with van der Waals surface area (Å²) in [6, 6.07) is 19.0. The van der Waals surface area contributed by atoms with Gasteiger partial charge < -0.3 is 14.1 Å². The molecule has 0 N–H and O–H groups in total. The van der Waals surface area contributed by atoms with Crippen LogP contribution >= 0.6 is 23.4 Å². The van der Waals surface area contributed by atoms with Gasteiger partial charge in [-0.05, 0) is 60.9 Å². The monoisotopic (exact) mass is 494 g/mol. The highest BCUT2D eigenvalue weighted by atomic mass is 35.5. The molecule has 7 nitrogen and oxygen atoms in total. The van der Waals surface area contributed by atoms with Gasteiger partial charge in [-0.3, -0.25) is 9.36 Å². The number of hydrogen-bond acceptors (Lipinski definition) is 6. The van der Waals surface area contributed by atoms with E-state index < -0.39 is 0 Å². The summed E-state index contributed by atoms with van der Waals surface area (Å²) < 4.78 is 13.3. The number of benzene rings is 2. The standard InChI is InChI=1S/C25H23ClN4O3S/c26-19-9-11-20(12-10-19)33-16-23-27-28-25(30(23)15-21-7-4-14-32-21)34-17-24(31)29-13-3-6-18-5-1-2-8-22(18)29/h1-2,4-5,7-12,14H,3,6,13,15-17H2. The predicted octanol–water partition coefficient (Wildman–Crippen LogP) is 5.22. The number of hydrogen-bond donors (Lipinski definition) is 0. The zero-order valence-electron chi connectivity index (χ0n) is 18.4. The molecule has 1 aliphatic heterocycles. The summed E-state index contributed by atoms with van der Waals surface area (Å²) in [6.45, 7) is 1.40. The van der Waals surface area contributed by atoms with E-state index >= 15 is 0 Å². The van der Waals surface area contributed by atoms with E-state index in [2.05, 4.69) is 16.3 Å². The lowest BCUT2D eigenvalue weighted by Gasteiger charge is -2.29. The van der Waals surface area contributed by atoms with Crippen LogP contribution in [-0.2, 0) is 24.4 Å². The van der Waals surface area contributed by atoms with Gasteiger partial charge in [0.1, 0.15) is 18.1 Å². The number of ether oxygens (including phenoxy) is 1. The Morgan fingerprint density at radius 2 is 1.94 bits per heavy atom. The number of halogens is 1. The molecule has 34 heavy (non-hydrogen) atoms. The third-order valence-corrected chi connectivity index (χ3v) is 6.81. The number of para-hydroxylation sites is 1. The molecule has 9 heteroatoms. The summed E-state index contributed by atoms with van der Waals surface area (Å²) in [7, 11) is 0. The number of carbonyl (C=O) groups is 1. The van der Waals surface area contributed by atoms with Crippen LogP contribution in [0.2, 0.25) is 5.02 Å². The van der Waals surface area contributed by atoms with E-state index in [1.807, 2.05) is 39.8 Å². The molecule has 1 aliphatic rings. The van der Waals surface area contributed by atoms with Crippen molar-refractivity contribution >= 4 is 35.0 Å². The summed E-state index contributed by atoms with van der Waals surface area (Å²) in [5, 5.41) is 9.97. The summed E-state index contributed by atoms with van der Waals surface area (Å²) >= 11 is 7.33. The number of furan rings is 1. The van der Waals surface area contributed by atoms with Crippen molar-refractivity contribution in [2.24, 2.45) is 0 Å². The van der Waals surface area contributed by atoms with Gasteiger partial charge in [0.2, 0.25) is 5.91 Å². The molecular formula is C25H23ClN4O3S. The molecule has 174 valence electrons. The van der Waals surface area contributed by atoms with Gasteiger partial charge >= 0.3 is 0 Å². The fraction of sp³-hybridized carbons (Fsp3) is 0.240. The van der Waals surface area contributed by atoms with Gasteiger partial charge in [-0.25, -0.2) is 0 Å². The Hall–Kier alpha value is -3.23. The number of nitrogens with zero attached hydrogens (tertiary/aromatic N) is 4. The molecule has 0 fully saturated rings. The van der Waals surface area contributed by atoms with E-state index in [1.165, 1.54) is 17.3 Å². The van der Waals surface area contributed by atoms with Gasteiger partial charge in [0.05, 0.1) is 18.6 Å². The molecule has 2 aromatic carbocycles. The number of rotatable bonds is 8. The quantitative estimate of drug-likeness (QED) is 0.312. The van der Waals surface area contributed by atoms with Crippen LogP contribution in [-0.4, -0.2) is 33.0 Å². The van der Waals surface area contributed by atoms with Crippen LogP contribution in [0.3, 0.4) is 0 Å². The zero-order valence-corrected chi connectivity index (χ0v) is 20.0. The molecule has 0 saturated heterocycles. The number of fused-ring (bicyclic) bond motifs is 1. The molecule has 0 aliphatic carbocycles. The van der Waals surface area contributed by atoms with Crippen LogP contribution in [0.25, 0.3) is 0 Å². The van der Waals surface area contributed by atoms with E-state index in [0.717, 1.165) is 30.8 Å². The minimum absolute atomic E-state index is 0.0589. The number of amides is 1. The minimum Gasteiger partial charge on any atom is -0.486 e. The van der Waals surface area contributed by atoms with Crippen LogP contribution in [0, 0.1) is 0 Å². The lowest BCUT2D eigenvalue weighted by molar-refractivity contribution is -0.116. The van der Waals surface area contributed by atoms with E-state index in [0.29, 0.717) is 28.3 Å². The van der Waals surface area contributed by atoms with Gasteiger partial charge in [-0.2, -0.15) is 0 Å². The number of carbonyl (C=O) groups excluding carboxylic acids is 1. The van der Waals surface area contributed by atoms with Gasteiger partial charge in [0.15, 0.2) is 11.0 Å². The third-order valence-electron chi connectivity index (χ3n) is 5.61. The van der Waals surface area contributed by atoms with Gasteiger partial charge in [0.25, 0.3) is 0 Å². The zero-order chi connectivity index (χ0) is 23.3. The SMILES string of the molecule is O=C(CSc1nnc(COc2ccc(Cl)cc2)n1Cc1ccco1)N1CCCc2ccccc21. The van der Waals surface area contributed by atoms with Crippen molar-refractivity contribution in [2.75, 3.05) is 17.2 Å². The average Bonchev–Trinajstić information content (AvgIpc) is 3.52. The molecule has 3 heterocycles. The number of anilines is 1. The molecule has 2 aromatic heterocycles. The van der Waals surface area contributed by atoms with E-state index in [4.69, 9.17) is 20.8 Å². The Balaban J connectivity index is 1.31. The summed E-state index contributed by atoms with van der Waals surface area (Å²) in [5.74, 6) is 2.42. The van der Waals surface area contributed by atoms with Gasteiger partial charge in [0, 0.05) is 17.3 Å². The molecule has 0 unspecified atom stereocenters. The van der Waals surface area contributed by atoms with Gasteiger partial charge in [-0.1, -0.05) is 41.6 Å². The lowest BCUT2D eigenvalue weighted by Crippen LogP contribution is -2.36. The van der Waals surface area contributed by atoms with Crippen LogP contribution in [0.4, 0.5) is 5.69 Å². The molecule has 4 aromatic rings. The van der Waals surface area contributed by atoms with Crippen molar-refractivity contribution in [1.29, 1.82) is 0 Å². The highest BCUT2D eigenvalue weighted by molar-refractivity contribution is 7.99. The first-order chi connectivity index (χ1) is 16.7. The molecular weight excluding hydrogens is 472 g/mol. The third kappa shape index (κ3) is 5.13. The van der Waals surface area contributed by atoms with Gasteiger partial charge in [-0.15, -0.1) is 10.2 Å². The van der Waals surface area contributed by atoms with Crippen LogP contribution in [0.5, 0.6) is 5.75 Å². The fourth-order valence-electron chi connectivity index (χ4n) is 3.93. The Labute approximate surface area is 206 Å². The Morgan fingerprint density at radius 1 is 1.09 bits per heavy atom. The maximum Gasteiger partial charge on any atom is 0.237 e. The average molecular weight is 495 g/mol. The summed E-state index contributed by atoms with van der Waals surface area (Å²) in [5.41, 5.74) is 2.23. The van der Waals surface area contributed by atoms with E-state index in [1.54, 1.807) is 30.5 Å². The molecule has 5 rings (SSSR count). The largest absolute Gasteiger partial charge is 0.486 e. The van der Waals surface area contributed by atoms with Crippen molar-refractivity contribution in [3.63, 3.8) is 0 Å². The van der Waals surface area contributed by atoms with Crippen molar-refractivity contribution in [2.45, 2.75) is 31.1 Å². The number of aromatic nitrogens is 3. The first-order valence-electron chi connectivity index (χ1n) is 11.0. The predicted molar refractivity (Wildman–Crippen MR) is 131 cm³/mol. The van der Waals surface area contributed by atoms with Crippen LogP contribution in [0.1, 0.15) is 23.6 Å². The normalized spacial score (nSPS) is 13.0. The summed E-state index contributed by atoms with van der Waals surface area (Å²) in [4.78, 5) is 15.0. The van der Waals surface area contributed by atoms with E-state index in [9.17, 15) is 4.79 Å². The number of thioether (sulfide) groups is 1. The second-order valence-electron chi connectivity index (χ2n) is 7.87. The smallest absolute Gasteiger partial charge is 0.237 e. The first-order valence-corrected chi connectivity index (χ1v) is 12.4. The fourth-order valence-corrected chi connectivity index (χ4v) is 4.88. The van der Waals surface area contributed by atoms with E-state index in [-0.39, 0.29) is 18.3 Å². The van der Waals surface area contributed by atoms with Crippen molar-refractivity contribution < 1.29 is 13.9 Å². The summed E-state index contributed by atoms with van der Waals surface area (Å²) in [6.07, 6.45) is 3.60. The molecule has 0 bridgehead atoms. The van der Waals surface area contributed by atoms with Crippen molar-refractivity contribution in [1.82, 2.24) is 14.8 Å². The molecule has 0 radical (unpaired) electrons. The Morgan fingerprint density at radius 3 is 2.76 bits per heavy atom. The molecule has 0 saturated carbocycles. The second kappa shape index (κ2) is 10.4. The second-order valence-corrected chi connectivity index (χ2v) is 9.25. The maximum absolute atomic E-state index is 13.1. The molecule has 0 atom stereocenters. The number of aryl methyl sites for hydroxylation is 1. The lowest BCUT2D eigenvalue weighted by atomic mass is 10.0. The molecule has 1 amide bonds. The highest BCUT2D eigenvalue weighted by Crippen LogP contribution is 2.28. The Kier molecular flexibility index (Phi) is 6.87. The van der Waals surface area contributed by atoms with Crippen LogP contribution < -0.4 is 9.64 Å². The highest BCUT2D eigenvalue weighted by Gasteiger charge is 2.23. The molecule has 0 spiro atoms. The van der Waals surface area contributed by atoms with Crippen molar-refractivity contribution in [3.8, 4) is 5.75 Å². The van der Waals surface area contributed by atoms with Crippen molar-refractivity contribution in [3.05, 3.63) is 89.1 Å². The Bertz CT molecular complexity index is 1260. The first kappa shape index (κ1) is 22.6. The topological polar surface area (TPSA) is 73.4 Å².